The Labute approximate surface area is 192 Å². The fourth-order valence-electron chi connectivity index (χ4n) is 4.21. The van der Waals surface area contributed by atoms with Crippen molar-refractivity contribution in [3.8, 4) is 0 Å². The highest BCUT2D eigenvalue weighted by Gasteiger charge is 2.49. The largest absolute Gasteiger partial charge is 0.490 e. The average Bonchev–Trinajstić information content (AvgIpc) is 3.43. The second-order valence-electron chi connectivity index (χ2n) is 9.38. The van der Waals surface area contributed by atoms with E-state index in [0.29, 0.717) is 24.6 Å². The van der Waals surface area contributed by atoms with Gasteiger partial charge in [-0.1, -0.05) is 0 Å². The summed E-state index contributed by atoms with van der Waals surface area (Å²) in [5.74, 6) is -2.04. The van der Waals surface area contributed by atoms with E-state index >= 15 is 0 Å². The molecule has 2 N–H and O–H groups in total. The molecule has 2 fully saturated rings. The van der Waals surface area contributed by atoms with Gasteiger partial charge in [0.25, 0.3) is 0 Å². The molecule has 0 aliphatic carbocycles. The molecule has 4 aliphatic rings. The van der Waals surface area contributed by atoms with Gasteiger partial charge >= 0.3 is 0 Å². The van der Waals surface area contributed by atoms with Crippen molar-refractivity contribution in [1.29, 1.82) is 0 Å². The van der Waals surface area contributed by atoms with Gasteiger partial charge in [-0.2, -0.15) is 0 Å². The Kier molecular flexibility index (Phi) is 6.56. The number of carbonyl (C=O) groups is 2. The van der Waals surface area contributed by atoms with Crippen LogP contribution in [0.5, 0.6) is 0 Å². The van der Waals surface area contributed by atoms with Gasteiger partial charge in [-0.15, -0.1) is 0 Å². The lowest BCUT2D eigenvalue weighted by Gasteiger charge is -2.29. The zero-order chi connectivity index (χ0) is 24.0. The molecule has 0 radical (unpaired) electrons. The van der Waals surface area contributed by atoms with Crippen LogP contribution < -0.4 is 10.6 Å². The van der Waals surface area contributed by atoms with Crippen LogP contribution in [-0.2, 0) is 42.7 Å². The van der Waals surface area contributed by atoms with Gasteiger partial charge in [0, 0.05) is 13.8 Å². The van der Waals surface area contributed by atoms with Gasteiger partial charge in [0.05, 0.1) is 24.6 Å². The Balaban J connectivity index is 1.52. The Hall–Kier alpha value is -2.02. The van der Waals surface area contributed by atoms with Crippen LogP contribution in [0.15, 0.2) is 23.7 Å². The molecule has 0 spiro atoms. The molecule has 0 unspecified atom stereocenters. The molecular formula is C22H32N2O9. The molecule has 0 aromatic heterocycles. The first-order valence-corrected chi connectivity index (χ1v) is 11.0. The van der Waals surface area contributed by atoms with Crippen molar-refractivity contribution >= 4 is 11.8 Å². The number of amides is 2. The quantitative estimate of drug-likeness (QED) is 0.583. The van der Waals surface area contributed by atoms with E-state index in [4.69, 9.17) is 33.2 Å². The molecule has 184 valence electrons. The summed E-state index contributed by atoms with van der Waals surface area (Å²) in [7, 11) is 0. The molecule has 11 nitrogen and oxygen atoms in total. The molecule has 4 heterocycles. The van der Waals surface area contributed by atoms with Crippen molar-refractivity contribution < 1.29 is 42.7 Å². The number of carbonyl (C=O) groups excluding carboxylic acids is 2. The summed E-state index contributed by atoms with van der Waals surface area (Å²) in [6.45, 7) is 10.7. The van der Waals surface area contributed by atoms with Crippen LogP contribution in [0.25, 0.3) is 0 Å². The zero-order valence-corrected chi connectivity index (χ0v) is 19.7. The van der Waals surface area contributed by atoms with Gasteiger partial charge in [-0.3, -0.25) is 9.59 Å². The summed E-state index contributed by atoms with van der Waals surface area (Å²) in [6.07, 6.45) is -0.390. The van der Waals surface area contributed by atoms with E-state index < -0.39 is 42.3 Å². The Morgan fingerprint density at radius 1 is 0.939 bits per heavy atom. The van der Waals surface area contributed by atoms with E-state index in [9.17, 15) is 9.59 Å². The first-order valence-electron chi connectivity index (χ1n) is 11.0. The van der Waals surface area contributed by atoms with Gasteiger partial charge < -0.3 is 43.8 Å². The normalized spacial score (nSPS) is 36.8. The summed E-state index contributed by atoms with van der Waals surface area (Å²) >= 11 is 0. The molecule has 0 bridgehead atoms. The minimum Gasteiger partial charge on any atom is -0.490 e. The predicted octanol–water partition coefficient (Wildman–Crippen LogP) is 0.796. The Bertz CT molecular complexity index is 853. The first kappa shape index (κ1) is 24.1. The predicted molar refractivity (Wildman–Crippen MR) is 112 cm³/mol. The Morgan fingerprint density at radius 3 is 2.06 bits per heavy atom. The van der Waals surface area contributed by atoms with E-state index in [2.05, 4.69) is 10.6 Å². The van der Waals surface area contributed by atoms with Crippen LogP contribution >= 0.6 is 0 Å². The number of rotatable bonds is 6. The third-order valence-corrected chi connectivity index (χ3v) is 5.54. The van der Waals surface area contributed by atoms with E-state index in [0.717, 1.165) is 0 Å². The van der Waals surface area contributed by atoms with E-state index in [1.165, 1.54) is 20.1 Å². The Morgan fingerprint density at radius 2 is 1.52 bits per heavy atom. The van der Waals surface area contributed by atoms with Gasteiger partial charge in [-0.05, 0) is 33.8 Å². The van der Waals surface area contributed by atoms with E-state index in [1.54, 1.807) is 6.08 Å². The SMILES string of the molecule is CC(=O)NC1=C[C@@H]([C@H]2COC(C)(C)O2)O[C@@H]1O[C@@H]1C(NC(C)=O)=CO[C@@H]1[C@H]1COC(C)(C)O1. The fourth-order valence-corrected chi connectivity index (χ4v) is 4.21. The molecule has 2 amide bonds. The summed E-state index contributed by atoms with van der Waals surface area (Å²) in [5, 5.41) is 5.51. The summed E-state index contributed by atoms with van der Waals surface area (Å²) in [5.41, 5.74) is 0.870. The number of hydrogen-bond acceptors (Lipinski definition) is 9. The third-order valence-electron chi connectivity index (χ3n) is 5.54. The fraction of sp³-hybridized carbons (Fsp3) is 0.727. The highest BCUT2D eigenvalue weighted by molar-refractivity contribution is 5.75. The molecule has 2 saturated heterocycles. The van der Waals surface area contributed by atoms with E-state index in [1.807, 2.05) is 27.7 Å². The van der Waals surface area contributed by atoms with Gasteiger partial charge in [-0.25, -0.2) is 0 Å². The molecule has 0 aromatic rings. The van der Waals surface area contributed by atoms with Gasteiger partial charge in [0.15, 0.2) is 24.0 Å². The van der Waals surface area contributed by atoms with Crippen LogP contribution in [-0.4, -0.2) is 73.4 Å². The lowest BCUT2D eigenvalue weighted by atomic mass is 10.1. The van der Waals surface area contributed by atoms with Crippen molar-refractivity contribution in [2.75, 3.05) is 13.2 Å². The van der Waals surface area contributed by atoms with Gasteiger partial charge in [0.1, 0.15) is 30.7 Å². The van der Waals surface area contributed by atoms with Crippen LogP contribution in [0, 0.1) is 0 Å². The maximum atomic E-state index is 11.8. The number of nitrogens with one attached hydrogen (secondary N) is 2. The van der Waals surface area contributed by atoms with Crippen LogP contribution in [0.1, 0.15) is 41.5 Å². The molecule has 6 atom stereocenters. The zero-order valence-electron chi connectivity index (χ0n) is 19.7. The standard InChI is InChI=1S/C22H32N2O9/c1-11(25)23-13-7-15(16-9-28-21(3,4)32-16)30-20(13)31-18-14(24-12(2)26)8-27-19(18)17-10-29-22(5,6)33-17/h7-8,15-20H,9-10H2,1-6H3,(H,23,25)(H,24,26)/t15-,16+,17+,18+,19+,20+/m0/s1. The minimum atomic E-state index is -0.937. The van der Waals surface area contributed by atoms with Crippen LogP contribution in [0.2, 0.25) is 0 Å². The first-order chi connectivity index (χ1) is 15.4. The maximum absolute atomic E-state index is 11.8. The van der Waals surface area contributed by atoms with Crippen LogP contribution in [0.3, 0.4) is 0 Å². The highest BCUT2D eigenvalue weighted by Crippen LogP contribution is 2.36. The summed E-state index contributed by atoms with van der Waals surface area (Å²) in [4.78, 5) is 23.6. The second-order valence-corrected chi connectivity index (χ2v) is 9.38. The van der Waals surface area contributed by atoms with E-state index in [-0.39, 0.29) is 17.9 Å². The van der Waals surface area contributed by atoms with Crippen molar-refractivity contribution in [2.45, 2.75) is 89.9 Å². The highest BCUT2D eigenvalue weighted by atomic mass is 16.8. The van der Waals surface area contributed by atoms with Crippen LogP contribution in [0.4, 0.5) is 0 Å². The molecule has 0 saturated carbocycles. The molecular weight excluding hydrogens is 436 g/mol. The lowest BCUT2D eigenvalue weighted by molar-refractivity contribution is -0.203. The van der Waals surface area contributed by atoms with Crippen molar-refractivity contribution in [3.05, 3.63) is 23.7 Å². The molecule has 33 heavy (non-hydrogen) atoms. The van der Waals surface area contributed by atoms with Gasteiger partial charge in [0.2, 0.25) is 11.8 Å². The van der Waals surface area contributed by atoms with Crippen molar-refractivity contribution in [3.63, 3.8) is 0 Å². The average molecular weight is 469 g/mol. The maximum Gasteiger partial charge on any atom is 0.221 e. The van der Waals surface area contributed by atoms with Crippen molar-refractivity contribution in [2.24, 2.45) is 0 Å². The topological polar surface area (TPSA) is 123 Å². The third kappa shape index (κ3) is 5.56. The second kappa shape index (κ2) is 8.97. The summed E-state index contributed by atoms with van der Waals surface area (Å²) in [6, 6.07) is 0. The number of hydrogen-bond donors (Lipinski definition) is 2. The smallest absolute Gasteiger partial charge is 0.221 e. The summed E-state index contributed by atoms with van der Waals surface area (Å²) < 4.78 is 41.4. The molecule has 0 aromatic carbocycles. The van der Waals surface area contributed by atoms with Crippen molar-refractivity contribution in [1.82, 2.24) is 10.6 Å². The molecule has 4 rings (SSSR count). The lowest BCUT2D eigenvalue weighted by Crippen LogP contribution is -2.46. The molecule has 4 aliphatic heterocycles. The number of ether oxygens (including phenoxy) is 7. The molecule has 11 heteroatoms. The minimum absolute atomic E-state index is 0.269. The monoisotopic (exact) mass is 468 g/mol.